The number of hydrogen-bond donors (Lipinski definition) is 1. The SMILES string of the molecule is CCNc1nnc(-c2ccccc2)nn1. The number of benzene rings is 1. The van der Waals surface area contributed by atoms with E-state index in [1.54, 1.807) is 0 Å². The largest absolute Gasteiger partial charge is 0.352 e. The molecular weight excluding hydrogens is 190 g/mol. The second-order valence-electron chi connectivity index (χ2n) is 2.94. The lowest BCUT2D eigenvalue weighted by Crippen LogP contribution is -2.05. The summed E-state index contributed by atoms with van der Waals surface area (Å²) < 4.78 is 0. The molecule has 0 bridgehead atoms. The predicted molar refractivity (Wildman–Crippen MR) is 57.2 cm³/mol. The molecule has 0 fully saturated rings. The van der Waals surface area contributed by atoms with Crippen LogP contribution in [0.2, 0.25) is 0 Å². The fourth-order valence-corrected chi connectivity index (χ4v) is 1.16. The Morgan fingerprint density at radius 3 is 2.27 bits per heavy atom. The average molecular weight is 201 g/mol. The molecule has 2 aromatic rings. The first-order valence-corrected chi connectivity index (χ1v) is 4.77. The van der Waals surface area contributed by atoms with Gasteiger partial charge in [0.25, 0.3) is 5.95 Å². The molecule has 1 aromatic heterocycles. The quantitative estimate of drug-likeness (QED) is 0.812. The Kier molecular flexibility index (Phi) is 2.82. The highest BCUT2D eigenvalue weighted by Crippen LogP contribution is 2.11. The van der Waals surface area contributed by atoms with E-state index in [0.717, 1.165) is 12.1 Å². The van der Waals surface area contributed by atoms with E-state index >= 15 is 0 Å². The average Bonchev–Trinajstić information content (AvgIpc) is 2.32. The molecule has 0 aliphatic heterocycles. The van der Waals surface area contributed by atoms with E-state index in [9.17, 15) is 0 Å². The van der Waals surface area contributed by atoms with Crippen LogP contribution in [0.5, 0.6) is 0 Å². The molecule has 0 aliphatic rings. The molecule has 0 amide bonds. The van der Waals surface area contributed by atoms with Crippen molar-refractivity contribution in [1.29, 1.82) is 0 Å². The number of aromatic nitrogens is 4. The highest BCUT2D eigenvalue weighted by atomic mass is 15.3. The lowest BCUT2D eigenvalue weighted by atomic mass is 10.2. The summed E-state index contributed by atoms with van der Waals surface area (Å²) in [5, 5.41) is 18.7. The zero-order valence-electron chi connectivity index (χ0n) is 8.38. The molecule has 0 radical (unpaired) electrons. The van der Waals surface area contributed by atoms with Gasteiger partial charge in [-0.3, -0.25) is 0 Å². The van der Waals surface area contributed by atoms with Crippen LogP contribution < -0.4 is 5.32 Å². The fourth-order valence-electron chi connectivity index (χ4n) is 1.16. The minimum Gasteiger partial charge on any atom is -0.352 e. The fraction of sp³-hybridized carbons (Fsp3) is 0.200. The Balaban J connectivity index is 2.24. The zero-order valence-corrected chi connectivity index (χ0v) is 8.38. The van der Waals surface area contributed by atoms with Crippen molar-refractivity contribution < 1.29 is 0 Å². The Labute approximate surface area is 87.6 Å². The van der Waals surface area contributed by atoms with Gasteiger partial charge in [-0.05, 0) is 6.92 Å². The summed E-state index contributed by atoms with van der Waals surface area (Å²) in [4.78, 5) is 0. The lowest BCUT2D eigenvalue weighted by molar-refractivity contribution is 0.863. The van der Waals surface area contributed by atoms with Gasteiger partial charge in [0.15, 0.2) is 0 Å². The van der Waals surface area contributed by atoms with Gasteiger partial charge in [0.2, 0.25) is 5.82 Å². The van der Waals surface area contributed by atoms with Gasteiger partial charge in [0.1, 0.15) is 0 Å². The Morgan fingerprint density at radius 2 is 1.67 bits per heavy atom. The molecule has 1 heterocycles. The normalized spacial score (nSPS) is 9.93. The first-order chi connectivity index (χ1) is 7.40. The third-order valence-electron chi connectivity index (χ3n) is 1.85. The summed E-state index contributed by atoms with van der Waals surface area (Å²) in [5.74, 6) is 0.995. The Morgan fingerprint density at radius 1 is 1.00 bits per heavy atom. The van der Waals surface area contributed by atoms with Gasteiger partial charge in [-0.15, -0.1) is 20.4 Å². The van der Waals surface area contributed by atoms with Crippen molar-refractivity contribution in [2.75, 3.05) is 11.9 Å². The van der Waals surface area contributed by atoms with Gasteiger partial charge >= 0.3 is 0 Å². The summed E-state index contributed by atoms with van der Waals surface area (Å²) >= 11 is 0. The standard InChI is InChI=1S/C10H11N5/c1-2-11-10-14-12-9(13-15-10)8-6-4-3-5-7-8/h3-7H,2H2,1H3,(H,11,14,15). The molecule has 5 heteroatoms. The lowest BCUT2D eigenvalue weighted by Gasteiger charge is -2.00. The van der Waals surface area contributed by atoms with E-state index in [4.69, 9.17) is 0 Å². The van der Waals surface area contributed by atoms with E-state index in [-0.39, 0.29) is 0 Å². The van der Waals surface area contributed by atoms with Gasteiger partial charge < -0.3 is 5.32 Å². The highest BCUT2D eigenvalue weighted by Gasteiger charge is 2.02. The van der Waals surface area contributed by atoms with Crippen LogP contribution in [0.3, 0.4) is 0 Å². The van der Waals surface area contributed by atoms with Gasteiger partial charge in [-0.1, -0.05) is 30.3 Å². The van der Waals surface area contributed by atoms with E-state index in [0.29, 0.717) is 11.8 Å². The third-order valence-corrected chi connectivity index (χ3v) is 1.85. The maximum atomic E-state index is 3.98. The van der Waals surface area contributed by atoms with Crippen molar-refractivity contribution in [2.45, 2.75) is 6.92 Å². The number of nitrogens with one attached hydrogen (secondary N) is 1. The third kappa shape index (κ3) is 2.25. The topological polar surface area (TPSA) is 63.6 Å². The molecule has 15 heavy (non-hydrogen) atoms. The van der Waals surface area contributed by atoms with E-state index in [1.165, 1.54) is 0 Å². The second kappa shape index (κ2) is 4.45. The number of nitrogens with zero attached hydrogens (tertiary/aromatic N) is 4. The molecular formula is C10H11N5. The van der Waals surface area contributed by atoms with E-state index < -0.39 is 0 Å². The monoisotopic (exact) mass is 201 g/mol. The molecule has 2 rings (SSSR count). The predicted octanol–water partition coefficient (Wildman–Crippen LogP) is 1.37. The summed E-state index contributed by atoms with van der Waals surface area (Å²) in [5.41, 5.74) is 0.917. The molecule has 0 spiro atoms. The summed E-state index contributed by atoms with van der Waals surface area (Å²) in [7, 11) is 0. The number of anilines is 1. The van der Waals surface area contributed by atoms with Crippen LogP contribution in [0.1, 0.15) is 6.92 Å². The summed E-state index contributed by atoms with van der Waals surface area (Å²) in [6.07, 6.45) is 0. The molecule has 5 nitrogen and oxygen atoms in total. The Bertz CT molecular complexity index is 412. The van der Waals surface area contributed by atoms with E-state index in [1.807, 2.05) is 37.3 Å². The summed E-state index contributed by atoms with van der Waals surface area (Å²) in [6, 6.07) is 9.64. The molecule has 0 saturated carbocycles. The molecule has 1 N–H and O–H groups in total. The molecule has 1 aromatic carbocycles. The van der Waals surface area contributed by atoms with Crippen LogP contribution in [0.4, 0.5) is 5.95 Å². The smallest absolute Gasteiger partial charge is 0.262 e. The van der Waals surface area contributed by atoms with Crippen molar-refractivity contribution in [2.24, 2.45) is 0 Å². The number of hydrogen-bond acceptors (Lipinski definition) is 5. The molecule has 0 aliphatic carbocycles. The maximum Gasteiger partial charge on any atom is 0.262 e. The van der Waals surface area contributed by atoms with Gasteiger partial charge in [-0.2, -0.15) is 0 Å². The van der Waals surface area contributed by atoms with Crippen LogP contribution in [0.25, 0.3) is 11.4 Å². The van der Waals surface area contributed by atoms with E-state index in [2.05, 4.69) is 25.7 Å². The van der Waals surface area contributed by atoms with Crippen LogP contribution in [0, 0.1) is 0 Å². The van der Waals surface area contributed by atoms with Crippen molar-refractivity contribution in [1.82, 2.24) is 20.4 Å². The van der Waals surface area contributed by atoms with Crippen LogP contribution in [-0.4, -0.2) is 26.9 Å². The van der Waals surface area contributed by atoms with Crippen molar-refractivity contribution in [3.8, 4) is 11.4 Å². The molecule has 0 atom stereocenters. The van der Waals surface area contributed by atoms with Gasteiger partial charge in [0, 0.05) is 12.1 Å². The number of rotatable bonds is 3. The first-order valence-electron chi connectivity index (χ1n) is 4.77. The highest BCUT2D eigenvalue weighted by molar-refractivity contribution is 5.53. The van der Waals surface area contributed by atoms with Crippen LogP contribution in [-0.2, 0) is 0 Å². The molecule has 0 saturated heterocycles. The van der Waals surface area contributed by atoms with Crippen LogP contribution in [0.15, 0.2) is 30.3 Å². The minimum atomic E-state index is 0.456. The minimum absolute atomic E-state index is 0.456. The van der Waals surface area contributed by atoms with Gasteiger partial charge in [-0.25, -0.2) is 0 Å². The van der Waals surface area contributed by atoms with Crippen molar-refractivity contribution in [3.63, 3.8) is 0 Å². The molecule has 76 valence electrons. The van der Waals surface area contributed by atoms with Crippen LogP contribution >= 0.6 is 0 Å². The van der Waals surface area contributed by atoms with Crippen molar-refractivity contribution in [3.05, 3.63) is 30.3 Å². The first kappa shape index (κ1) is 9.51. The Hall–Kier alpha value is -2.04. The van der Waals surface area contributed by atoms with Crippen molar-refractivity contribution >= 4 is 5.95 Å². The maximum absolute atomic E-state index is 3.98. The van der Waals surface area contributed by atoms with Gasteiger partial charge in [0.05, 0.1) is 0 Å². The molecule has 0 unspecified atom stereocenters. The summed E-state index contributed by atoms with van der Waals surface area (Å²) in [6.45, 7) is 2.72. The second-order valence-corrected chi connectivity index (χ2v) is 2.94. The zero-order chi connectivity index (χ0) is 10.5.